The Morgan fingerprint density at radius 2 is 1.89 bits per heavy atom. The minimum Gasteiger partial charge on any atom is -0.444 e. The lowest BCUT2D eigenvalue weighted by Crippen LogP contribution is -2.48. The van der Waals surface area contributed by atoms with Crippen LogP contribution >= 0.6 is 0 Å². The second-order valence-electron chi connectivity index (χ2n) is 8.56. The summed E-state index contributed by atoms with van der Waals surface area (Å²) < 4.78 is 44.3. The molecule has 1 amide bonds. The van der Waals surface area contributed by atoms with E-state index in [0.717, 1.165) is 25.3 Å². The Bertz CT molecular complexity index is 702. The Morgan fingerprint density at radius 1 is 1.15 bits per heavy atom. The van der Waals surface area contributed by atoms with Crippen LogP contribution in [-0.2, 0) is 10.9 Å². The third-order valence-electron chi connectivity index (χ3n) is 5.10. The molecule has 0 bridgehead atoms. The van der Waals surface area contributed by atoms with Gasteiger partial charge >= 0.3 is 12.3 Å². The summed E-state index contributed by atoms with van der Waals surface area (Å²) in [7, 11) is 0. The number of aromatic nitrogens is 1. The average molecular weight is 385 g/mol. The maximum atomic E-state index is 12.9. The topological polar surface area (TPSA) is 45.7 Å². The lowest BCUT2D eigenvalue weighted by Gasteiger charge is -2.40. The zero-order valence-corrected chi connectivity index (χ0v) is 16.0. The minimum atomic E-state index is -4.45. The molecule has 2 aliphatic heterocycles. The number of amides is 1. The van der Waals surface area contributed by atoms with Gasteiger partial charge in [-0.05, 0) is 52.2 Å². The number of alkyl halides is 3. The smallest absolute Gasteiger partial charge is 0.433 e. The van der Waals surface area contributed by atoms with E-state index in [0.29, 0.717) is 32.0 Å². The van der Waals surface area contributed by atoms with Crippen molar-refractivity contribution in [2.75, 3.05) is 31.1 Å². The number of anilines is 1. The lowest BCUT2D eigenvalue weighted by molar-refractivity contribution is -0.141. The number of ether oxygens (including phenoxy) is 1. The molecule has 3 heterocycles. The Kier molecular flexibility index (Phi) is 5.03. The molecule has 0 saturated carbocycles. The monoisotopic (exact) mass is 385 g/mol. The molecule has 0 N–H and O–H groups in total. The van der Waals surface area contributed by atoms with Crippen molar-refractivity contribution in [1.29, 1.82) is 0 Å². The zero-order valence-electron chi connectivity index (χ0n) is 16.0. The molecule has 1 spiro atoms. The Labute approximate surface area is 157 Å². The summed E-state index contributed by atoms with van der Waals surface area (Å²) in [5, 5.41) is 0. The van der Waals surface area contributed by atoms with Crippen LogP contribution in [0, 0.1) is 5.41 Å². The Balaban J connectivity index is 1.70. The van der Waals surface area contributed by atoms with Gasteiger partial charge in [0, 0.05) is 31.6 Å². The highest BCUT2D eigenvalue weighted by molar-refractivity contribution is 5.68. The molecule has 3 rings (SSSR count). The van der Waals surface area contributed by atoms with Gasteiger partial charge in [0.25, 0.3) is 0 Å². The summed E-state index contributed by atoms with van der Waals surface area (Å²) in [4.78, 5) is 19.8. The summed E-state index contributed by atoms with van der Waals surface area (Å²) in [6.07, 6.45) is -2.14. The van der Waals surface area contributed by atoms with E-state index < -0.39 is 17.5 Å². The largest absolute Gasteiger partial charge is 0.444 e. The molecule has 1 atom stereocenters. The van der Waals surface area contributed by atoms with Crippen LogP contribution in [0.25, 0.3) is 0 Å². The fourth-order valence-corrected chi connectivity index (χ4v) is 3.91. The first-order valence-corrected chi connectivity index (χ1v) is 9.25. The van der Waals surface area contributed by atoms with Gasteiger partial charge in [-0.3, -0.25) is 0 Å². The molecule has 2 saturated heterocycles. The maximum absolute atomic E-state index is 12.9. The van der Waals surface area contributed by atoms with Gasteiger partial charge in [-0.15, -0.1) is 0 Å². The Morgan fingerprint density at radius 3 is 2.56 bits per heavy atom. The molecule has 1 unspecified atom stereocenters. The fourth-order valence-electron chi connectivity index (χ4n) is 3.91. The highest BCUT2D eigenvalue weighted by atomic mass is 19.4. The molecule has 0 radical (unpaired) electrons. The fraction of sp³-hybridized carbons (Fsp3) is 0.684. The van der Waals surface area contributed by atoms with Gasteiger partial charge in [-0.1, -0.05) is 6.07 Å². The number of halogens is 3. The molecule has 2 aliphatic rings. The molecule has 5 nitrogen and oxygen atoms in total. The third kappa shape index (κ3) is 4.65. The van der Waals surface area contributed by atoms with Gasteiger partial charge in [-0.2, -0.15) is 13.2 Å². The highest BCUT2D eigenvalue weighted by Gasteiger charge is 2.44. The van der Waals surface area contributed by atoms with Gasteiger partial charge < -0.3 is 14.5 Å². The van der Waals surface area contributed by atoms with Gasteiger partial charge in [0.05, 0.1) is 0 Å². The van der Waals surface area contributed by atoms with E-state index in [1.54, 1.807) is 11.0 Å². The molecule has 27 heavy (non-hydrogen) atoms. The van der Waals surface area contributed by atoms with Crippen molar-refractivity contribution >= 4 is 11.9 Å². The third-order valence-corrected chi connectivity index (χ3v) is 5.10. The summed E-state index contributed by atoms with van der Waals surface area (Å²) in [5.74, 6) is 0.344. The molecule has 8 heteroatoms. The molecule has 1 aromatic rings. The van der Waals surface area contributed by atoms with E-state index >= 15 is 0 Å². The van der Waals surface area contributed by atoms with Crippen LogP contribution < -0.4 is 4.90 Å². The lowest BCUT2D eigenvalue weighted by atomic mass is 9.79. The molecule has 150 valence electrons. The number of piperidine rings is 1. The number of carbonyl (C=O) groups is 1. The predicted octanol–water partition coefficient (Wildman–Crippen LogP) is 4.33. The van der Waals surface area contributed by atoms with Gasteiger partial charge in [-0.25, -0.2) is 9.78 Å². The number of nitrogens with zero attached hydrogens (tertiary/aromatic N) is 3. The van der Waals surface area contributed by atoms with E-state index in [9.17, 15) is 18.0 Å². The van der Waals surface area contributed by atoms with E-state index in [1.807, 2.05) is 25.7 Å². The van der Waals surface area contributed by atoms with Crippen molar-refractivity contribution in [2.24, 2.45) is 5.41 Å². The first-order valence-electron chi connectivity index (χ1n) is 9.25. The summed E-state index contributed by atoms with van der Waals surface area (Å²) in [6.45, 7) is 7.95. The molecule has 0 aliphatic carbocycles. The van der Waals surface area contributed by atoms with Gasteiger partial charge in [0.15, 0.2) is 0 Å². The van der Waals surface area contributed by atoms with Crippen LogP contribution in [0.4, 0.5) is 23.8 Å². The summed E-state index contributed by atoms with van der Waals surface area (Å²) in [6, 6.07) is 3.99. The van der Waals surface area contributed by atoms with Crippen molar-refractivity contribution in [3.63, 3.8) is 0 Å². The van der Waals surface area contributed by atoms with Crippen LogP contribution in [-0.4, -0.2) is 47.8 Å². The molecule has 1 aromatic heterocycles. The quantitative estimate of drug-likeness (QED) is 0.722. The SMILES string of the molecule is CC(C)(C)OC(=O)N1CCCC2(CCN(c3cccc(C(F)(F)F)n3)C2)C1. The summed E-state index contributed by atoms with van der Waals surface area (Å²) >= 11 is 0. The van der Waals surface area contributed by atoms with Gasteiger partial charge in [0.2, 0.25) is 0 Å². The predicted molar refractivity (Wildman–Crippen MR) is 95.5 cm³/mol. The van der Waals surface area contributed by atoms with Crippen LogP contribution in [0.1, 0.15) is 45.7 Å². The Hall–Kier alpha value is -1.99. The molecule has 0 aromatic carbocycles. The number of likely N-dealkylation sites (tertiary alicyclic amines) is 1. The first kappa shape index (κ1) is 19.8. The normalized spacial score (nSPS) is 23.8. The number of hydrogen-bond donors (Lipinski definition) is 0. The van der Waals surface area contributed by atoms with Crippen LogP contribution in [0.2, 0.25) is 0 Å². The number of hydrogen-bond acceptors (Lipinski definition) is 4. The number of rotatable bonds is 1. The highest BCUT2D eigenvalue weighted by Crippen LogP contribution is 2.41. The molecular formula is C19H26F3N3O2. The second-order valence-corrected chi connectivity index (χ2v) is 8.56. The second kappa shape index (κ2) is 6.87. The van der Waals surface area contributed by atoms with E-state index in [-0.39, 0.29) is 11.5 Å². The molecular weight excluding hydrogens is 359 g/mol. The standard InChI is InChI=1S/C19H26F3N3O2/c1-17(2,3)27-16(26)25-10-5-8-18(13-25)9-11-24(12-18)15-7-4-6-14(23-15)19(20,21)22/h4,6-7H,5,8-13H2,1-3H3. The zero-order chi connectivity index (χ0) is 19.9. The maximum Gasteiger partial charge on any atom is 0.433 e. The van der Waals surface area contributed by atoms with Crippen molar-refractivity contribution in [2.45, 2.75) is 51.8 Å². The van der Waals surface area contributed by atoms with Crippen molar-refractivity contribution in [3.05, 3.63) is 23.9 Å². The minimum absolute atomic E-state index is 0.120. The van der Waals surface area contributed by atoms with Crippen LogP contribution in [0.5, 0.6) is 0 Å². The van der Waals surface area contributed by atoms with Crippen molar-refractivity contribution < 1.29 is 22.7 Å². The first-order chi connectivity index (χ1) is 12.5. The van der Waals surface area contributed by atoms with Crippen molar-refractivity contribution in [3.8, 4) is 0 Å². The number of pyridine rings is 1. The van der Waals surface area contributed by atoms with E-state index in [4.69, 9.17) is 4.74 Å². The van der Waals surface area contributed by atoms with Crippen LogP contribution in [0.15, 0.2) is 18.2 Å². The van der Waals surface area contributed by atoms with Gasteiger partial charge in [0.1, 0.15) is 17.1 Å². The average Bonchev–Trinajstić information content (AvgIpc) is 2.96. The summed E-state index contributed by atoms with van der Waals surface area (Å²) in [5.41, 5.74) is -1.55. The van der Waals surface area contributed by atoms with E-state index in [2.05, 4.69) is 4.98 Å². The van der Waals surface area contributed by atoms with Crippen LogP contribution in [0.3, 0.4) is 0 Å². The number of carbonyl (C=O) groups excluding carboxylic acids is 1. The van der Waals surface area contributed by atoms with Crippen molar-refractivity contribution in [1.82, 2.24) is 9.88 Å². The molecule has 2 fully saturated rings. The van der Waals surface area contributed by atoms with E-state index in [1.165, 1.54) is 6.07 Å².